The number of carbonyl (C=O) groups is 1. The van der Waals surface area contributed by atoms with E-state index in [0.29, 0.717) is 17.3 Å². The van der Waals surface area contributed by atoms with Gasteiger partial charge in [-0.25, -0.2) is 0 Å². The summed E-state index contributed by atoms with van der Waals surface area (Å²) in [5.74, 6) is 5.26. The lowest BCUT2D eigenvalue weighted by molar-refractivity contribution is -0.153. The number of ether oxygens (including phenoxy) is 1. The van der Waals surface area contributed by atoms with E-state index in [1.807, 2.05) is 0 Å². The number of carbonyl (C=O) groups excluding carboxylic acids is 1. The van der Waals surface area contributed by atoms with E-state index in [1.54, 1.807) is 5.57 Å². The second-order valence-electron chi connectivity index (χ2n) is 15.4. The molecule has 2 unspecified atom stereocenters. The fourth-order valence-corrected chi connectivity index (χ4v) is 9.41. The molecule has 4 aliphatic rings. The predicted molar refractivity (Wildman–Crippen MR) is 147 cm³/mol. The van der Waals surface area contributed by atoms with Crippen LogP contribution in [0.4, 0.5) is 0 Å². The van der Waals surface area contributed by atoms with Crippen molar-refractivity contribution in [3.8, 4) is 0 Å². The number of hydrogen-bond donors (Lipinski definition) is 0. The number of allylic oxidation sites excluding steroid dienone is 1. The third-order valence-electron chi connectivity index (χ3n) is 11.2. The first-order valence-electron chi connectivity index (χ1n) is 15.2. The highest BCUT2D eigenvalue weighted by molar-refractivity contribution is 5.70. The predicted octanol–water partition coefficient (Wildman–Crippen LogP) is 9.38. The minimum Gasteiger partial charge on any atom is -0.462 e. The minimum absolute atomic E-state index is 0.00258. The summed E-state index contributed by atoms with van der Waals surface area (Å²) in [6, 6.07) is 0. The van der Waals surface area contributed by atoms with Crippen LogP contribution in [-0.4, -0.2) is 12.1 Å². The van der Waals surface area contributed by atoms with E-state index in [0.717, 1.165) is 48.3 Å². The molecule has 0 heterocycles. The van der Waals surface area contributed by atoms with Gasteiger partial charge >= 0.3 is 5.97 Å². The molecule has 0 aromatic rings. The summed E-state index contributed by atoms with van der Waals surface area (Å²) >= 11 is 0. The van der Waals surface area contributed by atoms with Gasteiger partial charge in [0.25, 0.3) is 0 Å². The van der Waals surface area contributed by atoms with Crippen molar-refractivity contribution >= 4 is 5.97 Å². The van der Waals surface area contributed by atoms with Crippen molar-refractivity contribution in [1.82, 2.24) is 0 Å². The van der Waals surface area contributed by atoms with Gasteiger partial charge in [0.2, 0.25) is 0 Å². The molecule has 3 fully saturated rings. The number of hydrogen-bond acceptors (Lipinski definition) is 2. The first kappa shape index (κ1) is 27.3. The van der Waals surface area contributed by atoms with Crippen LogP contribution < -0.4 is 0 Å². The molecular weight excluding hydrogens is 428 g/mol. The number of esters is 1. The number of fused-ring (bicyclic) bond motifs is 5. The lowest BCUT2D eigenvalue weighted by Crippen LogP contribution is -2.51. The van der Waals surface area contributed by atoms with Crippen LogP contribution in [0.25, 0.3) is 0 Å². The van der Waals surface area contributed by atoms with Gasteiger partial charge in [-0.2, -0.15) is 0 Å². The highest BCUT2D eigenvalue weighted by Crippen LogP contribution is 2.67. The molecule has 0 saturated heterocycles. The van der Waals surface area contributed by atoms with Gasteiger partial charge in [0, 0.05) is 6.42 Å². The van der Waals surface area contributed by atoms with E-state index in [4.69, 9.17) is 4.74 Å². The van der Waals surface area contributed by atoms with E-state index < -0.39 is 0 Å². The first-order chi connectivity index (χ1) is 16.3. The summed E-state index contributed by atoms with van der Waals surface area (Å²) in [5.41, 5.74) is 2.51. The van der Waals surface area contributed by atoms with Gasteiger partial charge in [-0.3, -0.25) is 4.79 Å². The molecule has 0 aromatic heterocycles. The molecular formula is C33H56O2. The third-order valence-corrected chi connectivity index (χ3v) is 11.2. The van der Waals surface area contributed by atoms with Crippen molar-refractivity contribution in [2.75, 3.05) is 0 Å². The molecule has 0 radical (unpaired) electrons. The fraction of sp³-hybridized carbons (Fsp3) is 0.909. The summed E-state index contributed by atoms with van der Waals surface area (Å²) in [6.45, 7) is 18.9. The van der Waals surface area contributed by atoms with Gasteiger partial charge < -0.3 is 4.74 Å². The highest BCUT2D eigenvalue weighted by atomic mass is 16.5. The van der Waals surface area contributed by atoms with Crippen LogP contribution in [0.1, 0.15) is 132 Å². The third kappa shape index (κ3) is 5.57. The van der Waals surface area contributed by atoms with E-state index in [9.17, 15) is 4.79 Å². The Balaban J connectivity index is 1.42. The van der Waals surface area contributed by atoms with Gasteiger partial charge in [-0.1, -0.05) is 86.3 Å². The van der Waals surface area contributed by atoms with Crippen LogP contribution in [-0.2, 0) is 9.53 Å². The van der Waals surface area contributed by atoms with Crippen molar-refractivity contribution in [2.45, 2.75) is 139 Å². The Labute approximate surface area is 217 Å². The highest BCUT2D eigenvalue weighted by Gasteiger charge is 2.59. The van der Waals surface area contributed by atoms with Gasteiger partial charge in [-0.15, -0.1) is 0 Å². The van der Waals surface area contributed by atoms with Crippen molar-refractivity contribution in [3.05, 3.63) is 11.6 Å². The van der Waals surface area contributed by atoms with Crippen LogP contribution in [0.3, 0.4) is 0 Å². The molecule has 2 heteroatoms. The van der Waals surface area contributed by atoms with Gasteiger partial charge in [0.15, 0.2) is 0 Å². The van der Waals surface area contributed by atoms with Crippen molar-refractivity contribution in [2.24, 2.45) is 51.8 Å². The molecule has 0 aromatic carbocycles. The zero-order valence-corrected chi connectivity index (χ0v) is 24.4. The zero-order chi connectivity index (χ0) is 25.6. The second kappa shape index (κ2) is 10.2. The zero-order valence-electron chi connectivity index (χ0n) is 24.4. The molecule has 0 bridgehead atoms. The standard InChI is InChI=1S/C33H56O2/c1-22(2)10-9-11-23(3)27-14-15-28-26-13-12-24-20-25(35-30(34)21-31(4,5)6)16-18-32(24,7)29(26)17-19-33(27,28)8/h12,22-23,25-29H,9-11,13-21H2,1-8H3/t23-,25?,26?,27-,28+,29+,32+,33-/m1/s1. The summed E-state index contributed by atoms with van der Waals surface area (Å²) in [7, 11) is 0. The molecule has 4 aliphatic carbocycles. The quantitative estimate of drug-likeness (QED) is 0.266. The lowest BCUT2D eigenvalue weighted by Gasteiger charge is -2.58. The summed E-state index contributed by atoms with van der Waals surface area (Å²) in [6.07, 6.45) is 17.7. The normalized spacial score (nSPS) is 39.9. The van der Waals surface area contributed by atoms with E-state index in [1.165, 1.54) is 57.8 Å². The summed E-state index contributed by atoms with van der Waals surface area (Å²) in [5, 5.41) is 0. The van der Waals surface area contributed by atoms with E-state index in [-0.39, 0.29) is 17.5 Å². The molecule has 2 nitrogen and oxygen atoms in total. The molecule has 8 atom stereocenters. The van der Waals surface area contributed by atoms with E-state index in [2.05, 4.69) is 61.5 Å². The molecule has 4 rings (SSSR count). The van der Waals surface area contributed by atoms with Crippen molar-refractivity contribution in [3.63, 3.8) is 0 Å². The largest absolute Gasteiger partial charge is 0.462 e. The molecule has 200 valence electrons. The topological polar surface area (TPSA) is 26.3 Å². The van der Waals surface area contributed by atoms with Crippen LogP contribution >= 0.6 is 0 Å². The van der Waals surface area contributed by atoms with Gasteiger partial charge in [0.05, 0.1) is 6.42 Å². The fourth-order valence-electron chi connectivity index (χ4n) is 9.41. The average Bonchev–Trinajstić information content (AvgIpc) is 3.09. The molecule has 3 saturated carbocycles. The smallest absolute Gasteiger partial charge is 0.306 e. The van der Waals surface area contributed by atoms with Crippen molar-refractivity contribution in [1.29, 1.82) is 0 Å². The maximum atomic E-state index is 12.5. The van der Waals surface area contributed by atoms with Crippen LogP contribution in [0.15, 0.2) is 11.6 Å². The summed E-state index contributed by atoms with van der Waals surface area (Å²) < 4.78 is 5.99. The van der Waals surface area contributed by atoms with Crippen molar-refractivity contribution < 1.29 is 9.53 Å². The van der Waals surface area contributed by atoms with Crippen LogP contribution in [0.5, 0.6) is 0 Å². The Morgan fingerprint density at radius 3 is 2.46 bits per heavy atom. The molecule has 35 heavy (non-hydrogen) atoms. The Kier molecular flexibility index (Phi) is 7.92. The Morgan fingerprint density at radius 2 is 1.77 bits per heavy atom. The van der Waals surface area contributed by atoms with Gasteiger partial charge in [0.1, 0.15) is 6.10 Å². The molecule has 0 N–H and O–H groups in total. The molecule has 0 aliphatic heterocycles. The van der Waals surface area contributed by atoms with E-state index >= 15 is 0 Å². The van der Waals surface area contributed by atoms with Crippen LogP contribution in [0, 0.1) is 51.8 Å². The second-order valence-corrected chi connectivity index (χ2v) is 15.4. The molecule has 0 amide bonds. The first-order valence-corrected chi connectivity index (χ1v) is 15.2. The lowest BCUT2D eigenvalue weighted by atomic mass is 9.47. The monoisotopic (exact) mass is 484 g/mol. The minimum atomic E-state index is -0.00617. The van der Waals surface area contributed by atoms with Crippen LogP contribution in [0.2, 0.25) is 0 Å². The summed E-state index contributed by atoms with van der Waals surface area (Å²) in [4.78, 5) is 12.5. The molecule has 0 spiro atoms. The Bertz CT molecular complexity index is 787. The maximum Gasteiger partial charge on any atom is 0.306 e. The average molecular weight is 485 g/mol. The number of rotatable bonds is 7. The SMILES string of the molecule is CC(C)CCC[C@@H](C)[C@H]1CC[C@H]2C3CC=C4CC(OC(=O)CC(C)(C)C)CC[C@]4(C)[C@H]3CC[C@]12C. The Morgan fingerprint density at radius 1 is 1.03 bits per heavy atom. The maximum absolute atomic E-state index is 12.5. The Hall–Kier alpha value is -0.790. The van der Waals surface area contributed by atoms with Gasteiger partial charge in [-0.05, 0) is 96.7 Å².